The fourth-order valence-corrected chi connectivity index (χ4v) is 3.22. The van der Waals surface area contributed by atoms with Crippen molar-refractivity contribution >= 4 is 16.9 Å². The highest BCUT2D eigenvalue weighted by Gasteiger charge is 2.39. The van der Waals surface area contributed by atoms with Gasteiger partial charge >= 0.3 is 0 Å². The van der Waals surface area contributed by atoms with Crippen molar-refractivity contribution in [2.24, 2.45) is 0 Å². The molecule has 2 N–H and O–H groups in total. The first-order valence-electron chi connectivity index (χ1n) is 6.70. The van der Waals surface area contributed by atoms with E-state index in [4.69, 9.17) is 4.42 Å². The van der Waals surface area contributed by atoms with Gasteiger partial charge in [-0.15, -0.1) is 0 Å². The van der Waals surface area contributed by atoms with E-state index in [1.807, 2.05) is 6.07 Å². The number of aromatic nitrogens is 1. The third-order valence-corrected chi connectivity index (χ3v) is 4.19. The molecule has 2 saturated heterocycles. The van der Waals surface area contributed by atoms with Crippen molar-refractivity contribution in [3.05, 3.63) is 30.3 Å². The predicted octanol–water partition coefficient (Wildman–Crippen LogP) is 1.45. The molecule has 0 spiro atoms. The largest absolute Gasteiger partial charge is 0.463 e. The normalized spacial score (nSPS) is 28.9. The Balaban J connectivity index is 1.53. The minimum Gasteiger partial charge on any atom is -0.463 e. The topological polar surface area (TPSA) is 67.2 Å². The standard InChI is InChI=1S/C14H15N3O2/c18-14(17-11-6-9-1-2-10(11)16-9)12-5-8-3-4-19-13(8)7-15-12/h3-5,7,9-11,16H,1-2,6H2,(H,17,18)/t9-,10+,11-/m1/s1. The maximum absolute atomic E-state index is 12.2. The minimum absolute atomic E-state index is 0.0950. The Kier molecular flexibility index (Phi) is 2.35. The van der Waals surface area contributed by atoms with Crippen LogP contribution in [-0.4, -0.2) is 29.0 Å². The van der Waals surface area contributed by atoms with E-state index in [1.54, 1.807) is 18.5 Å². The van der Waals surface area contributed by atoms with E-state index in [9.17, 15) is 4.79 Å². The Labute approximate surface area is 110 Å². The van der Waals surface area contributed by atoms with Crippen LogP contribution in [-0.2, 0) is 0 Å². The number of nitrogens with zero attached hydrogens (tertiary/aromatic N) is 1. The highest BCUT2D eigenvalue weighted by atomic mass is 16.3. The van der Waals surface area contributed by atoms with E-state index in [1.165, 1.54) is 6.42 Å². The summed E-state index contributed by atoms with van der Waals surface area (Å²) in [6.45, 7) is 0. The lowest BCUT2D eigenvalue weighted by Crippen LogP contribution is -2.43. The quantitative estimate of drug-likeness (QED) is 0.854. The van der Waals surface area contributed by atoms with Gasteiger partial charge in [-0.2, -0.15) is 0 Å². The van der Waals surface area contributed by atoms with Gasteiger partial charge in [0, 0.05) is 23.5 Å². The zero-order valence-corrected chi connectivity index (χ0v) is 10.4. The van der Waals surface area contributed by atoms with Crippen LogP contribution in [0.5, 0.6) is 0 Å². The zero-order chi connectivity index (χ0) is 12.8. The van der Waals surface area contributed by atoms with Crippen molar-refractivity contribution in [2.75, 3.05) is 0 Å². The van der Waals surface area contributed by atoms with Crippen LogP contribution >= 0.6 is 0 Å². The van der Waals surface area contributed by atoms with Crippen LogP contribution in [0.15, 0.2) is 29.0 Å². The molecule has 98 valence electrons. The molecule has 2 aromatic rings. The van der Waals surface area contributed by atoms with E-state index in [-0.39, 0.29) is 11.9 Å². The summed E-state index contributed by atoms with van der Waals surface area (Å²) in [7, 11) is 0. The molecular weight excluding hydrogens is 242 g/mol. The highest BCUT2D eigenvalue weighted by Crippen LogP contribution is 2.28. The first kappa shape index (κ1) is 11.0. The van der Waals surface area contributed by atoms with Crippen molar-refractivity contribution in [1.82, 2.24) is 15.6 Å². The lowest BCUT2D eigenvalue weighted by atomic mass is 9.95. The molecule has 0 aromatic carbocycles. The summed E-state index contributed by atoms with van der Waals surface area (Å²) >= 11 is 0. The van der Waals surface area contributed by atoms with Gasteiger partial charge in [0.2, 0.25) is 0 Å². The number of carbonyl (C=O) groups is 1. The average molecular weight is 257 g/mol. The maximum Gasteiger partial charge on any atom is 0.270 e. The van der Waals surface area contributed by atoms with Gasteiger partial charge in [-0.3, -0.25) is 4.79 Å². The number of hydrogen-bond acceptors (Lipinski definition) is 4. The fourth-order valence-electron chi connectivity index (χ4n) is 3.22. The molecule has 4 heterocycles. The summed E-state index contributed by atoms with van der Waals surface area (Å²) in [6, 6.07) is 4.88. The second-order valence-electron chi connectivity index (χ2n) is 5.39. The van der Waals surface area contributed by atoms with Crippen LogP contribution in [0, 0.1) is 0 Å². The molecule has 1 amide bonds. The number of amides is 1. The van der Waals surface area contributed by atoms with Gasteiger partial charge in [0.05, 0.1) is 12.5 Å². The number of nitrogens with one attached hydrogen (secondary N) is 2. The molecule has 0 aliphatic carbocycles. The molecule has 5 nitrogen and oxygen atoms in total. The summed E-state index contributed by atoms with van der Waals surface area (Å²) in [5, 5.41) is 7.51. The molecule has 2 aromatic heterocycles. The van der Waals surface area contributed by atoms with Crippen molar-refractivity contribution in [3.8, 4) is 0 Å². The van der Waals surface area contributed by atoms with E-state index >= 15 is 0 Å². The van der Waals surface area contributed by atoms with Gasteiger partial charge in [0.25, 0.3) is 5.91 Å². The minimum atomic E-state index is -0.0950. The van der Waals surface area contributed by atoms with Crippen molar-refractivity contribution < 1.29 is 9.21 Å². The van der Waals surface area contributed by atoms with Crippen LogP contribution in [0.2, 0.25) is 0 Å². The van der Waals surface area contributed by atoms with Crippen molar-refractivity contribution in [3.63, 3.8) is 0 Å². The number of fused-ring (bicyclic) bond motifs is 3. The molecule has 4 rings (SSSR count). The summed E-state index contributed by atoms with van der Waals surface area (Å²) in [6.07, 6.45) is 6.63. The molecule has 19 heavy (non-hydrogen) atoms. The van der Waals surface area contributed by atoms with Crippen molar-refractivity contribution in [2.45, 2.75) is 37.4 Å². The number of hydrogen-bond donors (Lipinski definition) is 2. The molecule has 5 heteroatoms. The molecular formula is C14H15N3O2. The van der Waals surface area contributed by atoms with Crippen molar-refractivity contribution in [1.29, 1.82) is 0 Å². The monoisotopic (exact) mass is 257 g/mol. The highest BCUT2D eigenvalue weighted by molar-refractivity contribution is 5.95. The van der Waals surface area contributed by atoms with E-state index in [0.29, 0.717) is 23.4 Å². The third kappa shape index (κ3) is 1.81. The molecule has 3 atom stereocenters. The zero-order valence-electron chi connectivity index (χ0n) is 10.4. The molecule has 0 saturated carbocycles. The van der Waals surface area contributed by atoms with Gasteiger partial charge in [-0.05, 0) is 31.4 Å². The van der Waals surface area contributed by atoms with Crippen LogP contribution < -0.4 is 10.6 Å². The number of furan rings is 1. The summed E-state index contributed by atoms with van der Waals surface area (Å²) in [5.41, 5.74) is 1.16. The van der Waals surface area contributed by atoms with Crippen LogP contribution in [0.3, 0.4) is 0 Å². The number of rotatable bonds is 2. The smallest absolute Gasteiger partial charge is 0.270 e. The Hall–Kier alpha value is -1.88. The first-order chi connectivity index (χ1) is 9.29. The Morgan fingerprint density at radius 3 is 3.21 bits per heavy atom. The number of pyridine rings is 1. The summed E-state index contributed by atoms with van der Waals surface area (Å²) < 4.78 is 5.22. The molecule has 0 unspecified atom stereocenters. The van der Waals surface area contributed by atoms with Crippen LogP contribution in [0.1, 0.15) is 29.8 Å². The molecule has 2 bridgehead atoms. The molecule has 2 aliphatic heterocycles. The van der Waals surface area contributed by atoms with E-state index < -0.39 is 0 Å². The Morgan fingerprint density at radius 1 is 1.47 bits per heavy atom. The average Bonchev–Trinajstić information content (AvgIpc) is 3.13. The second kappa shape index (κ2) is 4.06. The third-order valence-electron chi connectivity index (χ3n) is 4.19. The van der Waals surface area contributed by atoms with Crippen LogP contribution in [0.4, 0.5) is 0 Å². The Morgan fingerprint density at radius 2 is 2.42 bits per heavy atom. The Bertz CT molecular complexity index is 636. The van der Waals surface area contributed by atoms with Gasteiger partial charge in [-0.1, -0.05) is 0 Å². The predicted molar refractivity (Wildman–Crippen MR) is 69.8 cm³/mol. The van der Waals surface area contributed by atoms with Gasteiger partial charge in [0.1, 0.15) is 5.69 Å². The summed E-state index contributed by atoms with van der Waals surface area (Å²) in [5.74, 6) is -0.0950. The molecule has 0 radical (unpaired) electrons. The van der Waals surface area contributed by atoms with E-state index in [0.717, 1.165) is 18.2 Å². The van der Waals surface area contributed by atoms with Gasteiger partial charge < -0.3 is 15.1 Å². The van der Waals surface area contributed by atoms with Gasteiger partial charge in [-0.25, -0.2) is 4.98 Å². The van der Waals surface area contributed by atoms with E-state index in [2.05, 4.69) is 15.6 Å². The summed E-state index contributed by atoms with van der Waals surface area (Å²) in [4.78, 5) is 16.4. The fraction of sp³-hybridized carbons (Fsp3) is 0.429. The lowest BCUT2D eigenvalue weighted by molar-refractivity contribution is 0.0926. The molecule has 2 aliphatic rings. The number of carbonyl (C=O) groups excluding carboxylic acids is 1. The second-order valence-corrected chi connectivity index (χ2v) is 5.39. The maximum atomic E-state index is 12.2. The molecule has 2 fully saturated rings. The van der Waals surface area contributed by atoms with Crippen LogP contribution in [0.25, 0.3) is 11.0 Å². The first-order valence-corrected chi connectivity index (χ1v) is 6.70. The SMILES string of the molecule is O=C(N[C@@H]1C[C@H]2CC[C@@H]1N2)c1cc2ccoc2cn1. The van der Waals surface area contributed by atoms with Gasteiger partial charge in [0.15, 0.2) is 5.58 Å². The lowest BCUT2D eigenvalue weighted by Gasteiger charge is -2.21.